The van der Waals surface area contributed by atoms with E-state index in [0.717, 1.165) is 0 Å². The van der Waals surface area contributed by atoms with Crippen LogP contribution in [0.4, 0.5) is 5.69 Å². The molecular formula is C14H19N3O2S. The number of carbonyl (C=O) groups is 2. The molecular weight excluding hydrogens is 274 g/mol. The van der Waals surface area contributed by atoms with E-state index in [1.54, 1.807) is 31.3 Å². The minimum Gasteiger partial charge on any atom is -0.355 e. The van der Waals surface area contributed by atoms with Crippen LogP contribution in [0.2, 0.25) is 0 Å². The topological polar surface area (TPSA) is 70.2 Å². The molecule has 1 rings (SSSR count). The predicted molar refractivity (Wildman–Crippen MR) is 83.7 cm³/mol. The lowest BCUT2D eigenvalue weighted by molar-refractivity contribution is -0.126. The quantitative estimate of drug-likeness (QED) is 0.729. The number of anilines is 1. The van der Waals surface area contributed by atoms with Crippen molar-refractivity contribution in [1.29, 1.82) is 0 Å². The van der Waals surface area contributed by atoms with Crippen LogP contribution in [0.25, 0.3) is 0 Å². The van der Waals surface area contributed by atoms with E-state index in [-0.39, 0.29) is 16.9 Å². The Hall–Kier alpha value is -1.95. The van der Waals surface area contributed by atoms with Crippen molar-refractivity contribution < 1.29 is 9.59 Å². The molecule has 20 heavy (non-hydrogen) atoms. The van der Waals surface area contributed by atoms with Gasteiger partial charge in [-0.05, 0) is 36.5 Å². The first-order valence-electron chi connectivity index (χ1n) is 6.18. The molecule has 0 unspecified atom stereocenters. The highest BCUT2D eigenvalue weighted by atomic mass is 32.1. The molecule has 6 heteroatoms. The van der Waals surface area contributed by atoms with Crippen LogP contribution in [0.3, 0.4) is 0 Å². The first kappa shape index (κ1) is 16.1. The molecule has 3 N–H and O–H groups in total. The van der Waals surface area contributed by atoms with E-state index in [2.05, 4.69) is 16.0 Å². The maximum absolute atomic E-state index is 11.8. The minimum absolute atomic E-state index is 0.153. The summed E-state index contributed by atoms with van der Waals surface area (Å²) in [6.45, 7) is 5.43. The van der Waals surface area contributed by atoms with E-state index in [4.69, 9.17) is 12.2 Å². The van der Waals surface area contributed by atoms with Crippen molar-refractivity contribution in [2.45, 2.75) is 20.8 Å². The molecule has 0 saturated carbocycles. The molecule has 108 valence electrons. The molecule has 0 atom stereocenters. The highest BCUT2D eigenvalue weighted by Crippen LogP contribution is 2.13. The standard InChI is InChI=1S/C14H19N3O2S/c1-14(2,3)12(19)17-13(20)16-10-7-5-9(6-8-10)11(18)15-4/h5-8H,1-4H3,(H,15,18)(H2,16,17,19,20). The van der Waals surface area contributed by atoms with Crippen molar-refractivity contribution in [3.8, 4) is 0 Å². The van der Waals surface area contributed by atoms with Crippen LogP contribution in [-0.4, -0.2) is 24.0 Å². The van der Waals surface area contributed by atoms with E-state index >= 15 is 0 Å². The number of thiocarbonyl (C=S) groups is 1. The number of hydrogen-bond acceptors (Lipinski definition) is 3. The molecule has 0 aromatic heterocycles. The van der Waals surface area contributed by atoms with E-state index in [1.807, 2.05) is 20.8 Å². The maximum Gasteiger partial charge on any atom is 0.251 e. The average molecular weight is 293 g/mol. The van der Waals surface area contributed by atoms with Crippen LogP contribution in [-0.2, 0) is 4.79 Å². The zero-order valence-electron chi connectivity index (χ0n) is 12.0. The van der Waals surface area contributed by atoms with Gasteiger partial charge in [-0.1, -0.05) is 20.8 Å². The number of amides is 2. The van der Waals surface area contributed by atoms with Crippen molar-refractivity contribution in [3.63, 3.8) is 0 Å². The van der Waals surface area contributed by atoms with Gasteiger partial charge in [0, 0.05) is 23.7 Å². The smallest absolute Gasteiger partial charge is 0.251 e. The third kappa shape index (κ3) is 4.62. The van der Waals surface area contributed by atoms with Gasteiger partial charge in [-0.25, -0.2) is 0 Å². The molecule has 1 aromatic carbocycles. The SMILES string of the molecule is CNC(=O)c1ccc(NC(=S)NC(=O)C(C)(C)C)cc1. The fourth-order valence-corrected chi connectivity index (χ4v) is 1.51. The highest BCUT2D eigenvalue weighted by Gasteiger charge is 2.21. The third-order valence-electron chi connectivity index (χ3n) is 2.54. The van der Waals surface area contributed by atoms with Gasteiger partial charge in [-0.15, -0.1) is 0 Å². The van der Waals surface area contributed by atoms with Crippen LogP contribution < -0.4 is 16.0 Å². The largest absolute Gasteiger partial charge is 0.355 e. The number of nitrogens with one attached hydrogen (secondary N) is 3. The number of rotatable bonds is 2. The summed E-state index contributed by atoms with van der Waals surface area (Å²) in [6.07, 6.45) is 0. The maximum atomic E-state index is 11.8. The fraction of sp³-hybridized carbons (Fsp3) is 0.357. The van der Waals surface area contributed by atoms with Gasteiger partial charge in [-0.2, -0.15) is 0 Å². The number of hydrogen-bond donors (Lipinski definition) is 3. The second-order valence-electron chi connectivity index (χ2n) is 5.31. The fourth-order valence-electron chi connectivity index (χ4n) is 1.30. The summed E-state index contributed by atoms with van der Waals surface area (Å²) in [4.78, 5) is 23.1. The van der Waals surface area contributed by atoms with Crippen molar-refractivity contribution >= 4 is 34.8 Å². The molecule has 1 aromatic rings. The Kier molecular flexibility index (Phi) is 5.21. The lowest BCUT2D eigenvalue weighted by atomic mass is 9.96. The van der Waals surface area contributed by atoms with Gasteiger partial charge in [0.2, 0.25) is 5.91 Å². The Morgan fingerprint density at radius 3 is 2.10 bits per heavy atom. The second-order valence-corrected chi connectivity index (χ2v) is 5.72. The molecule has 0 spiro atoms. The van der Waals surface area contributed by atoms with Gasteiger partial charge in [0.15, 0.2) is 5.11 Å². The van der Waals surface area contributed by atoms with Crippen LogP contribution in [0.5, 0.6) is 0 Å². The van der Waals surface area contributed by atoms with Crippen LogP contribution in [0.1, 0.15) is 31.1 Å². The zero-order valence-corrected chi connectivity index (χ0v) is 12.9. The molecule has 0 radical (unpaired) electrons. The lowest BCUT2D eigenvalue weighted by Gasteiger charge is -2.18. The van der Waals surface area contributed by atoms with Crippen LogP contribution in [0, 0.1) is 5.41 Å². The van der Waals surface area contributed by atoms with Crippen molar-refractivity contribution in [2.24, 2.45) is 5.41 Å². The first-order valence-corrected chi connectivity index (χ1v) is 6.59. The summed E-state index contributed by atoms with van der Waals surface area (Å²) in [6, 6.07) is 6.80. The van der Waals surface area contributed by atoms with Crippen molar-refractivity contribution in [1.82, 2.24) is 10.6 Å². The summed E-state index contributed by atoms with van der Waals surface area (Å²) in [7, 11) is 1.58. The Morgan fingerprint density at radius 1 is 1.10 bits per heavy atom. The third-order valence-corrected chi connectivity index (χ3v) is 2.74. The Bertz CT molecular complexity index is 518. The van der Waals surface area contributed by atoms with E-state index in [0.29, 0.717) is 11.3 Å². The van der Waals surface area contributed by atoms with Gasteiger partial charge in [0.1, 0.15) is 0 Å². The van der Waals surface area contributed by atoms with Crippen molar-refractivity contribution in [2.75, 3.05) is 12.4 Å². The monoisotopic (exact) mass is 293 g/mol. The highest BCUT2D eigenvalue weighted by molar-refractivity contribution is 7.80. The van der Waals surface area contributed by atoms with Gasteiger partial charge >= 0.3 is 0 Å². The minimum atomic E-state index is -0.505. The van der Waals surface area contributed by atoms with Crippen LogP contribution >= 0.6 is 12.2 Å². The molecule has 0 aliphatic carbocycles. The van der Waals surface area contributed by atoms with Gasteiger partial charge in [-0.3, -0.25) is 9.59 Å². The second kappa shape index (κ2) is 6.47. The normalized spacial score (nSPS) is 10.6. The van der Waals surface area contributed by atoms with E-state index < -0.39 is 5.41 Å². The Labute approximate surface area is 124 Å². The van der Waals surface area contributed by atoms with Crippen LogP contribution in [0.15, 0.2) is 24.3 Å². The summed E-state index contributed by atoms with van der Waals surface area (Å²) in [5.74, 6) is -0.308. The molecule has 0 saturated heterocycles. The van der Waals surface area contributed by atoms with E-state index in [9.17, 15) is 9.59 Å². The van der Waals surface area contributed by atoms with Gasteiger partial charge in [0.25, 0.3) is 5.91 Å². The van der Waals surface area contributed by atoms with E-state index in [1.165, 1.54) is 0 Å². The Balaban J connectivity index is 2.63. The summed E-state index contributed by atoms with van der Waals surface area (Å²) in [5.41, 5.74) is 0.758. The number of carbonyl (C=O) groups excluding carboxylic acids is 2. The molecule has 0 bridgehead atoms. The van der Waals surface area contributed by atoms with Gasteiger partial charge in [0.05, 0.1) is 0 Å². The molecule has 0 aliphatic heterocycles. The first-order chi connectivity index (χ1) is 9.24. The lowest BCUT2D eigenvalue weighted by Crippen LogP contribution is -2.41. The Morgan fingerprint density at radius 2 is 1.65 bits per heavy atom. The molecule has 0 aliphatic rings. The summed E-state index contributed by atoms with van der Waals surface area (Å²) >= 11 is 5.07. The zero-order chi connectivity index (χ0) is 15.3. The number of benzene rings is 1. The molecule has 0 heterocycles. The molecule has 5 nitrogen and oxygen atoms in total. The van der Waals surface area contributed by atoms with Crippen molar-refractivity contribution in [3.05, 3.63) is 29.8 Å². The summed E-state index contributed by atoms with van der Waals surface area (Å²) < 4.78 is 0. The molecule has 0 fully saturated rings. The molecule has 2 amide bonds. The van der Waals surface area contributed by atoms with Gasteiger partial charge < -0.3 is 16.0 Å². The average Bonchev–Trinajstić information content (AvgIpc) is 2.37. The summed E-state index contributed by atoms with van der Waals surface area (Å²) in [5, 5.41) is 8.29. The predicted octanol–water partition coefficient (Wildman–Crippen LogP) is 1.91.